The highest BCUT2D eigenvalue weighted by Crippen LogP contribution is 2.27. The van der Waals surface area contributed by atoms with Crippen molar-refractivity contribution in [2.45, 2.75) is 0 Å². The topological polar surface area (TPSA) is 106 Å². The van der Waals surface area contributed by atoms with Gasteiger partial charge in [-0.1, -0.05) is 6.07 Å². The lowest BCUT2D eigenvalue weighted by molar-refractivity contribution is 0.0322. The first-order valence-electron chi connectivity index (χ1n) is 11.5. The number of hydrogen-bond donors (Lipinski definition) is 1. The highest BCUT2D eigenvalue weighted by molar-refractivity contribution is 6.13. The van der Waals surface area contributed by atoms with Gasteiger partial charge in [0.05, 0.1) is 30.7 Å². The van der Waals surface area contributed by atoms with Crippen molar-refractivity contribution in [2.75, 3.05) is 44.8 Å². The second-order valence-electron chi connectivity index (χ2n) is 8.30. The molecule has 1 saturated heterocycles. The van der Waals surface area contributed by atoms with Crippen LogP contribution >= 0.6 is 0 Å². The zero-order valence-corrected chi connectivity index (χ0v) is 18.9. The summed E-state index contributed by atoms with van der Waals surface area (Å²) in [6, 6.07) is 13.3. The number of aliphatic imine (C=N–C) groups is 1. The van der Waals surface area contributed by atoms with Gasteiger partial charge in [-0.05, 0) is 36.4 Å². The first-order chi connectivity index (χ1) is 17.2. The number of nitrogens with zero attached hydrogens (tertiary/aromatic N) is 6. The summed E-state index contributed by atoms with van der Waals surface area (Å²) in [4.78, 5) is 27.0. The molecule has 0 atom stereocenters. The van der Waals surface area contributed by atoms with Crippen LogP contribution in [0.3, 0.4) is 0 Å². The largest absolute Gasteiger partial charge is 0.492 e. The minimum atomic E-state index is -0.219. The normalized spacial score (nSPS) is 15.5. The Morgan fingerprint density at radius 2 is 1.91 bits per heavy atom. The van der Waals surface area contributed by atoms with Crippen molar-refractivity contribution in [2.24, 2.45) is 4.99 Å². The van der Waals surface area contributed by atoms with E-state index in [-0.39, 0.29) is 5.91 Å². The van der Waals surface area contributed by atoms with Gasteiger partial charge in [-0.3, -0.25) is 9.69 Å². The molecule has 0 aliphatic carbocycles. The number of ether oxygens (including phenoxy) is 2. The van der Waals surface area contributed by atoms with Gasteiger partial charge in [-0.15, -0.1) is 0 Å². The predicted octanol–water partition coefficient (Wildman–Crippen LogP) is 2.82. The van der Waals surface area contributed by atoms with E-state index in [1.807, 2.05) is 36.4 Å². The number of morpholine rings is 1. The second kappa shape index (κ2) is 9.24. The molecular weight excluding hydrogens is 446 g/mol. The number of hydrogen-bond acceptors (Lipinski definition) is 8. The lowest BCUT2D eigenvalue weighted by Gasteiger charge is -2.26. The Kier molecular flexibility index (Phi) is 5.65. The SMILES string of the molecule is O=C1N=Cc2cc(-c3cnc(Nc4ccc(OCCN5CCOCC5)cc4)c4ncnn34)ccc21. The summed E-state index contributed by atoms with van der Waals surface area (Å²) >= 11 is 0. The lowest BCUT2D eigenvalue weighted by Crippen LogP contribution is -2.38. The molecule has 1 N–H and O–H groups in total. The van der Waals surface area contributed by atoms with Gasteiger partial charge in [0.1, 0.15) is 18.7 Å². The predicted molar refractivity (Wildman–Crippen MR) is 131 cm³/mol. The maximum Gasteiger partial charge on any atom is 0.277 e. The highest BCUT2D eigenvalue weighted by Gasteiger charge is 2.18. The summed E-state index contributed by atoms with van der Waals surface area (Å²) in [7, 11) is 0. The molecule has 4 heterocycles. The summed E-state index contributed by atoms with van der Waals surface area (Å²) in [6.07, 6.45) is 4.82. The maximum absolute atomic E-state index is 11.8. The molecule has 2 aliphatic heterocycles. The van der Waals surface area contributed by atoms with Gasteiger partial charge in [-0.2, -0.15) is 5.10 Å². The Labute approximate surface area is 201 Å². The van der Waals surface area contributed by atoms with E-state index >= 15 is 0 Å². The minimum absolute atomic E-state index is 0.219. The third-order valence-electron chi connectivity index (χ3n) is 6.10. The highest BCUT2D eigenvalue weighted by atomic mass is 16.5. The van der Waals surface area contributed by atoms with Gasteiger partial charge < -0.3 is 14.8 Å². The van der Waals surface area contributed by atoms with Crippen molar-refractivity contribution in [1.29, 1.82) is 0 Å². The quantitative estimate of drug-likeness (QED) is 0.440. The maximum atomic E-state index is 11.8. The Balaban J connectivity index is 1.16. The lowest BCUT2D eigenvalue weighted by atomic mass is 10.0. The Hall–Kier alpha value is -4.15. The summed E-state index contributed by atoms with van der Waals surface area (Å²) in [5.41, 5.74) is 4.49. The van der Waals surface area contributed by atoms with Crippen LogP contribution in [0.15, 0.2) is 60.0 Å². The molecule has 176 valence electrons. The molecule has 0 saturated carbocycles. The number of carbonyl (C=O) groups excluding carboxylic acids is 1. The number of benzene rings is 2. The molecule has 6 rings (SSSR count). The summed E-state index contributed by atoms with van der Waals surface area (Å²) < 4.78 is 13.0. The molecule has 1 fully saturated rings. The Morgan fingerprint density at radius 3 is 2.77 bits per heavy atom. The number of nitrogens with one attached hydrogen (secondary N) is 1. The van der Waals surface area contributed by atoms with Crippen LogP contribution in [0.1, 0.15) is 15.9 Å². The molecule has 4 aromatic rings. The van der Waals surface area contributed by atoms with Gasteiger partial charge in [0, 0.05) is 42.7 Å². The van der Waals surface area contributed by atoms with Crippen LogP contribution in [0, 0.1) is 0 Å². The van der Waals surface area contributed by atoms with Crippen LogP contribution in [0.5, 0.6) is 5.75 Å². The molecule has 10 nitrogen and oxygen atoms in total. The van der Waals surface area contributed by atoms with E-state index in [9.17, 15) is 4.79 Å². The van der Waals surface area contributed by atoms with Gasteiger partial charge >= 0.3 is 0 Å². The Morgan fingerprint density at radius 1 is 1.06 bits per heavy atom. The number of aromatic nitrogens is 4. The van der Waals surface area contributed by atoms with E-state index in [1.54, 1.807) is 23.0 Å². The van der Waals surface area contributed by atoms with Crippen LogP contribution < -0.4 is 10.1 Å². The van der Waals surface area contributed by atoms with Crippen LogP contribution in [0.4, 0.5) is 11.5 Å². The van der Waals surface area contributed by atoms with Crippen molar-refractivity contribution < 1.29 is 14.3 Å². The number of amides is 1. The van der Waals surface area contributed by atoms with Crippen molar-refractivity contribution in [1.82, 2.24) is 24.5 Å². The molecule has 0 unspecified atom stereocenters. The smallest absolute Gasteiger partial charge is 0.277 e. The number of carbonyl (C=O) groups is 1. The number of rotatable bonds is 7. The van der Waals surface area contributed by atoms with E-state index in [1.165, 1.54) is 6.33 Å². The number of anilines is 2. The van der Waals surface area contributed by atoms with Crippen LogP contribution in [0.25, 0.3) is 16.9 Å². The molecule has 0 bridgehead atoms. The second-order valence-corrected chi connectivity index (χ2v) is 8.30. The van der Waals surface area contributed by atoms with Gasteiger partial charge in [0.15, 0.2) is 11.5 Å². The van der Waals surface area contributed by atoms with Crippen LogP contribution in [-0.4, -0.2) is 76.1 Å². The minimum Gasteiger partial charge on any atom is -0.492 e. The molecular formula is C25H23N7O3. The van der Waals surface area contributed by atoms with Crippen molar-refractivity contribution in [3.63, 3.8) is 0 Å². The van der Waals surface area contributed by atoms with Crippen molar-refractivity contribution >= 4 is 29.3 Å². The van der Waals surface area contributed by atoms with Crippen LogP contribution in [-0.2, 0) is 4.74 Å². The van der Waals surface area contributed by atoms with Gasteiger partial charge in [0.2, 0.25) is 0 Å². The van der Waals surface area contributed by atoms with Gasteiger partial charge in [-0.25, -0.2) is 19.5 Å². The number of fused-ring (bicyclic) bond motifs is 2. The molecule has 0 radical (unpaired) electrons. The molecule has 1 amide bonds. The summed E-state index contributed by atoms with van der Waals surface area (Å²) in [5, 5.41) is 7.70. The van der Waals surface area contributed by atoms with Crippen molar-refractivity contribution in [3.8, 4) is 17.0 Å². The fourth-order valence-electron chi connectivity index (χ4n) is 4.21. The van der Waals surface area contributed by atoms with E-state index in [0.717, 1.165) is 61.1 Å². The van der Waals surface area contributed by atoms with E-state index < -0.39 is 0 Å². The van der Waals surface area contributed by atoms with Crippen molar-refractivity contribution in [3.05, 3.63) is 66.1 Å². The fourth-order valence-corrected chi connectivity index (χ4v) is 4.21. The molecule has 10 heteroatoms. The molecule has 2 aliphatic rings. The first-order valence-corrected chi connectivity index (χ1v) is 11.5. The average molecular weight is 470 g/mol. The zero-order chi connectivity index (χ0) is 23.6. The monoisotopic (exact) mass is 469 g/mol. The fraction of sp³-hybridized carbons (Fsp3) is 0.240. The molecule has 2 aromatic heterocycles. The van der Waals surface area contributed by atoms with E-state index in [2.05, 4.69) is 30.3 Å². The molecule has 2 aromatic carbocycles. The van der Waals surface area contributed by atoms with Crippen LogP contribution in [0.2, 0.25) is 0 Å². The van der Waals surface area contributed by atoms with Gasteiger partial charge in [0.25, 0.3) is 5.91 Å². The summed E-state index contributed by atoms with van der Waals surface area (Å²) in [5.74, 6) is 1.19. The third kappa shape index (κ3) is 4.36. The standard InChI is InChI=1S/C25H23N7O3/c33-25-21-6-1-17(13-18(21)14-27-25)22-15-26-23(24-28-16-29-32(22)24)30-19-2-4-20(5-3-19)35-12-9-31-7-10-34-11-8-31/h1-6,13-16H,7-12H2,(H,26,30). The Bertz CT molecular complexity index is 1410. The third-order valence-corrected chi connectivity index (χ3v) is 6.10. The first kappa shape index (κ1) is 21.4. The van der Waals surface area contributed by atoms with E-state index in [4.69, 9.17) is 9.47 Å². The average Bonchev–Trinajstić information content (AvgIpc) is 3.53. The zero-order valence-electron chi connectivity index (χ0n) is 18.9. The molecule has 35 heavy (non-hydrogen) atoms. The molecule has 0 spiro atoms. The van der Waals surface area contributed by atoms with E-state index in [0.29, 0.717) is 23.6 Å². The summed E-state index contributed by atoms with van der Waals surface area (Å²) in [6.45, 7) is 5.01.